The molecule has 3 rings (SSSR count). The number of nitrogens with one attached hydrogen (secondary N) is 1. The predicted octanol–water partition coefficient (Wildman–Crippen LogP) is 3.40. The second-order valence-corrected chi connectivity index (χ2v) is 7.65. The van der Waals surface area contributed by atoms with Crippen molar-refractivity contribution in [1.82, 2.24) is 0 Å². The van der Waals surface area contributed by atoms with E-state index in [0.717, 1.165) is 24.3 Å². The summed E-state index contributed by atoms with van der Waals surface area (Å²) < 4.78 is 33.2. The lowest BCUT2D eigenvalue weighted by molar-refractivity contribution is 0.402. The van der Waals surface area contributed by atoms with Gasteiger partial charge in [0.2, 0.25) is 0 Å². The van der Waals surface area contributed by atoms with E-state index in [4.69, 9.17) is 4.74 Å². The van der Waals surface area contributed by atoms with Crippen molar-refractivity contribution in [2.75, 3.05) is 29.8 Å². The second kappa shape index (κ2) is 6.73. The van der Waals surface area contributed by atoms with E-state index in [-0.39, 0.29) is 4.90 Å². The van der Waals surface area contributed by atoms with Gasteiger partial charge in [0.1, 0.15) is 10.6 Å². The molecule has 24 heavy (non-hydrogen) atoms. The Hall–Kier alpha value is -2.21. The predicted molar refractivity (Wildman–Crippen MR) is 96.4 cm³/mol. The molecule has 5 nitrogen and oxygen atoms in total. The standard InChI is InChI=1S/C18H22N2O3S/c1-14-5-10-17(23-2)18(13-14)24(21,22)19-15-6-8-16(9-7-15)20-11-3-4-12-20/h5-10,13,19H,3-4,11-12H2,1-2H3. The van der Waals surface area contributed by atoms with Crippen LogP contribution >= 0.6 is 0 Å². The number of sulfonamides is 1. The molecular formula is C18H22N2O3S. The van der Waals surface area contributed by atoms with E-state index in [0.29, 0.717) is 11.4 Å². The molecule has 0 aromatic heterocycles. The van der Waals surface area contributed by atoms with Gasteiger partial charge in [0.05, 0.1) is 7.11 Å². The summed E-state index contributed by atoms with van der Waals surface area (Å²) >= 11 is 0. The summed E-state index contributed by atoms with van der Waals surface area (Å²) in [6, 6.07) is 12.6. The lowest BCUT2D eigenvalue weighted by Crippen LogP contribution is -2.18. The summed E-state index contributed by atoms with van der Waals surface area (Å²) in [6.45, 7) is 3.97. The highest BCUT2D eigenvalue weighted by Gasteiger charge is 2.20. The average molecular weight is 346 g/mol. The van der Waals surface area contributed by atoms with E-state index in [2.05, 4.69) is 9.62 Å². The van der Waals surface area contributed by atoms with Crippen LogP contribution in [0.2, 0.25) is 0 Å². The van der Waals surface area contributed by atoms with Gasteiger partial charge in [0, 0.05) is 24.5 Å². The van der Waals surface area contributed by atoms with Gasteiger partial charge in [-0.05, 0) is 61.7 Å². The van der Waals surface area contributed by atoms with Crippen molar-refractivity contribution in [2.24, 2.45) is 0 Å². The molecule has 128 valence electrons. The third-order valence-corrected chi connectivity index (χ3v) is 5.60. The number of hydrogen-bond donors (Lipinski definition) is 1. The molecule has 1 heterocycles. The van der Waals surface area contributed by atoms with Gasteiger partial charge < -0.3 is 9.64 Å². The molecule has 0 atom stereocenters. The maximum Gasteiger partial charge on any atom is 0.265 e. The van der Waals surface area contributed by atoms with Gasteiger partial charge in [0.25, 0.3) is 10.0 Å². The van der Waals surface area contributed by atoms with Crippen LogP contribution in [-0.2, 0) is 10.0 Å². The maximum absolute atomic E-state index is 12.7. The zero-order valence-electron chi connectivity index (χ0n) is 14.0. The van der Waals surface area contributed by atoms with Gasteiger partial charge in [-0.2, -0.15) is 0 Å². The molecule has 2 aromatic rings. The van der Waals surface area contributed by atoms with E-state index in [1.807, 2.05) is 25.1 Å². The van der Waals surface area contributed by atoms with Crippen LogP contribution in [0.1, 0.15) is 18.4 Å². The monoisotopic (exact) mass is 346 g/mol. The van der Waals surface area contributed by atoms with Crippen LogP contribution in [0.5, 0.6) is 5.75 Å². The number of aryl methyl sites for hydroxylation is 1. The molecule has 1 aliphatic rings. The zero-order chi connectivity index (χ0) is 17.2. The van der Waals surface area contributed by atoms with Gasteiger partial charge in [-0.1, -0.05) is 6.07 Å². The molecule has 1 N–H and O–H groups in total. The summed E-state index contributed by atoms with van der Waals surface area (Å²) in [7, 11) is -2.23. The van der Waals surface area contributed by atoms with Crippen LogP contribution in [0.4, 0.5) is 11.4 Å². The first-order valence-corrected chi connectivity index (χ1v) is 9.50. The van der Waals surface area contributed by atoms with Gasteiger partial charge in [-0.15, -0.1) is 0 Å². The zero-order valence-corrected chi connectivity index (χ0v) is 14.8. The molecule has 0 saturated carbocycles. The van der Waals surface area contributed by atoms with E-state index in [9.17, 15) is 8.42 Å². The SMILES string of the molecule is COc1ccc(C)cc1S(=O)(=O)Nc1ccc(N2CCCC2)cc1. The van der Waals surface area contributed by atoms with E-state index >= 15 is 0 Å². The molecule has 6 heteroatoms. The van der Waals surface area contributed by atoms with Crippen LogP contribution in [0.15, 0.2) is 47.4 Å². The Morgan fingerprint density at radius 3 is 2.33 bits per heavy atom. The molecule has 0 radical (unpaired) electrons. The fourth-order valence-electron chi connectivity index (χ4n) is 2.92. The molecule has 0 spiro atoms. The largest absolute Gasteiger partial charge is 0.495 e. The number of rotatable bonds is 5. The molecule has 2 aromatic carbocycles. The van der Waals surface area contributed by atoms with Crippen molar-refractivity contribution < 1.29 is 13.2 Å². The van der Waals surface area contributed by atoms with Gasteiger partial charge in [-0.3, -0.25) is 4.72 Å². The van der Waals surface area contributed by atoms with Crippen molar-refractivity contribution in [3.8, 4) is 5.75 Å². The van der Waals surface area contributed by atoms with Crippen molar-refractivity contribution in [3.05, 3.63) is 48.0 Å². The second-order valence-electron chi connectivity index (χ2n) is 6.00. The Kier molecular flexibility index (Phi) is 4.66. The minimum absolute atomic E-state index is 0.147. The Bertz CT molecular complexity index is 811. The maximum atomic E-state index is 12.7. The van der Waals surface area contributed by atoms with Gasteiger partial charge in [0.15, 0.2) is 0 Å². The minimum Gasteiger partial charge on any atom is -0.495 e. The van der Waals surface area contributed by atoms with Crippen LogP contribution in [0.25, 0.3) is 0 Å². The first-order valence-electron chi connectivity index (χ1n) is 8.02. The number of ether oxygens (including phenoxy) is 1. The van der Waals surface area contributed by atoms with Crippen molar-refractivity contribution in [2.45, 2.75) is 24.7 Å². The first kappa shape index (κ1) is 16.6. The quantitative estimate of drug-likeness (QED) is 0.901. The summed E-state index contributed by atoms with van der Waals surface area (Å²) in [5.41, 5.74) is 2.53. The summed E-state index contributed by atoms with van der Waals surface area (Å²) in [5.74, 6) is 0.335. The molecule has 1 aliphatic heterocycles. The number of methoxy groups -OCH3 is 1. The third kappa shape index (κ3) is 3.48. The molecule has 0 aliphatic carbocycles. The van der Waals surface area contributed by atoms with E-state index in [1.54, 1.807) is 24.3 Å². The number of hydrogen-bond acceptors (Lipinski definition) is 4. The smallest absolute Gasteiger partial charge is 0.265 e. The lowest BCUT2D eigenvalue weighted by atomic mass is 10.2. The fourth-order valence-corrected chi connectivity index (χ4v) is 4.23. The average Bonchev–Trinajstić information content (AvgIpc) is 3.10. The number of benzene rings is 2. The Labute approximate surface area is 143 Å². The molecular weight excluding hydrogens is 324 g/mol. The lowest BCUT2D eigenvalue weighted by Gasteiger charge is -2.18. The highest BCUT2D eigenvalue weighted by molar-refractivity contribution is 7.92. The summed E-state index contributed by atoms with van der Waals surface area (Å²) in [6.07, 6.45) is 2.42. The molecule has 1 saturated heterocycles. The van der Waals surface area contributed by atoms with Crippen LogP contribution < -0.4 is 14.4 Å². The van der Waals surface area contributed by atoms with Gasteiger partial charge >= 0.3 is 0 Å². The molecule has 1 fully saturated rings. The highest BCUT2D eigenvalue weighted by atomic mass is 32.2. The molecule has 0 unspecified atom stereocenters. The van der Waals surface area contributed by atoms with E-state index in [1.165, 1.54) is 20.0 Å². The van der Waals surface area contributed by atoms with Crippen molar-refractivity contribution in [1.29, 1.82) is 0 Å². The normalized spacial score (nSPS) is 14.7. The molecule has 0 amide bonds. The Morgan fingerprint density at radius 2 is 1.71 bits per heavy atom. The van der Waals surface area contributed by atoms with Crippen LogP contribution in [0.3, 0.4) is 0 Å². The topological polar surface area (TPSA) is 58.6 Å². The van der Waals surface area contributed by atoms with Crippen molar-refractivity contribution in [3.63, 3.8) is 0 Å². The Balaban J connectivity index is 1.83. The minimum atomic E-state index is -3.70. The van der Waals surface area contributed by atoms with Crippen LogP contribution in [-0.4, -0.2) is 28.6 Å². The number of anilines is 2. The van der Waals surface area contributed by atoms with E-state index < -0.39 is 10.0 Å². The van der Waals surface area contributed by atoms with Gasteiger partial charge in [-0.25, -0.2) is 8.42 Å². The Morgan fingerprint density at radius 1 is 1.04 bits per heavy atom. The molecule has 0 bridgehead atoms. The highest BCUT2D eigenvalue weighted by Crippen LogP contribution is 2.28. The first-order chi connectivity index (χ1) is 11.5. The third-order valence-electron chi connectivity index (χ3n) is 4.20. The summed E-state index contributed by atoms with van der Waals surface area (Å²) in [4.78, 5) is 2.45. The summed E-state index contributed by atoms with van der Waals surface area (Å²) in [5, 5.41) is 0. The number of nitrogens with zero attached hydrogens (tertiary/aromatic N) is 1. The van der Waals surface area contributed by atoms with Crippen molar-refractivity contribution >= 4 is 21.4 Å². The van der Waals surface area contributed by atoms with Crippen LogP contribution in [0, 0.1) is 6.92 Å². The fraction of sp³-hybridized carbons (Fsp3) is 0.333.